The third-order valence-corrected chi connectivity index (χ3v) is 8.06. The number of ether oxygens (including phenoxy) is 2. The highest BCUT2D eigenvalue weighted by Gasteiger charge is 2.42. The molecule has 0 aromatic heterocycles. The Morgan fingerprint density at radius 2 is 1.61 bits per heavy atom. The largest absolute Gasteiger partial charge is 0.465 e. The maximum atomic E-state index is 13.7. The van der Waals surface area contributed by atoms with Gasteiger partial charge in [-0.1, -0.05) is 48.5 Å². The average Bonchev–Trinajstić information content (AvgIpc) is 3.00. The maximum Gasteiger partial charge on any atom is 0.416 e. The number of amidine groups is 1. The molecular formula is C31H35F6N3O3S. The minimum atomic E-state index is -5.06. The number of thioether (sulfide) groups is 1. The molecular weight excluding hydrogens is 608 g/mol. The zero-order valence-electron chi connectivity index (χ0n) is 24.3. The zero-order chi connectivity index (χ0) is 31.7. The van der Waals surface area contributed by atoms with Crippen molar-refractivity contribution in [3.63, 3.8) is 0 Å². The Morgan fingerprint density at radius 1 is 0.955 bits per heavy atom. The van der Waals surface area contributed by atoms with Crippen LogP contribution in [0.25, 0.3) is 0 Å². The normalized spacial score (nSPS) is 19.8. The molecule has 0 spiro atoms. The Labute approximate surface area is 256 Å². The number of aliphatic imine (C=N–C) groups is 2. The summed E-state index contributed by atoms with van der Waals surface area (Å²) < 4.78 is 93.8. The first kappa shape index (κ1) is 34.0. The molecule has 6 nitrogen and oxygen atoms in total. The Bertz CT molecular complexity index is 1280. The molecule has 13 heteroatoms. The van der Waals surface area contributed by atoms with Crippen LogP contribution in [0.2, 0.25) is 0 Å². The van der Waals surface area contributed by atoms with E-state index in [-0.39, 0.29) is 30.2 Å². The fraction of sp³-hybridized carbons (Fsp3) is 0.516. The van der Waals surface area contributed by atoms with E-state index in [1.54, 1.807) is 6.26 Å². The van der Waals surface area contributed by atoms with E-state index >= 15 is 0 Å². The van der Waals surface area contributed by atoms with Crippen molar-refractivity contribution in [2.24, 2.45) is 15.9 Å². The van der Waals surface area contributed by atoms with Crippen LogP contribution in [0.15, 0.2) is 58.5 Å². The quantitative estimate of drug-likeness (QED) is 0.147. The number of carbonyl (C=O) groups excluding carboxylic acids is 1. The molecule has 0 bridgehead atoms. The van der Waals surface area contributed by atoms with Gasteiger partial charge in [0.2, 0.25) is 0 Å². The van der Waals surface area contributed by atoms with E-state index in [1.807, 2.05) is 30.3 Å². The van der Waals surface area contributed by atoms with E-state index in [1.165, 1.54) is 6.42 Å². The fourth-order valence-electron chi connectivity index (χ4n) is 5.24. The number of benzene rings is 2. The fourth-order valence-corrected chi connectivity index (χ4v) is 5.66. The molecule has 0 amide bonds. The molecule has 2 aromatic carbocycles. The molecule has 2 atom stereocenters. The molecule has 0 saturated carbocycles. The number of likely N-dealkylation sites (tertiary alicyclic amines) is 1. The van der Waals surface area contributed by atoms with Crippen LogP contribution >= 0.6 is 11.8 Å². The predicted octanol–water partition coefficient (Wildman–Crippen LogP) is 7.23. The van der Waals surface area contributed by atoms with Crippen molar-refractivity contribution in [2.75, 3.05) is 45.7 Å². The zero-order valence-corrected chi connectivity index (χ0v) is 25.1. The Hall–Kier alpha value is -2.90. The van der Waals surface area contributed by atoms with Crippen LogP contribution in [0, 0.1) is 5.92 Å². The molecule has 2 heterocycles. The van der Waals surface area contributed by atoms with Gasteiger partial charge in [0.1, 0.15) is 5.92 Å². The van der Waals surface area contributed by atoms with Crippen LogP contribution in [0.4, 0.5) is 26.3 Å². The summed E-state index contributed by atoms with van der Waals surface area (Å²) in [5.41, 5.74) is -2.21. The van der Waals surface area contributed by atoms with E-state index in [4.69, 9.17) is 9.47 Å². The second kappa shape index (κ2) is 15.4. The third-order valence-electron chi connectivity index (χ3n) is 7.50. The standard InChI is InChI=1S/C31H35F6N3O3S/c1-44-29-38-25(20-42-16-14-40-12-6-3-7-13-40)26(28(41)43-15-8-11-21-9-4-2-5-10-21)27(39-29)22-17-23(30(32,33)34)19-24(18-22)31(35,36)37/h2,4-5,9-10,17-19,26-27H,3,6-8,11-16,20H2,1H3. The number of alkyl halides is 6. The number of nitrogens with zero attached hydrogens (tertiary/aromatic N) is 3. The van der Waals surface area contributed by atoms with Crippen molar-refractivity contribution in [2.45, 2.75) is 50.5 Å². The molecule has 0 aliphatic carbocycles. The van der Waals surface area contributed by atoms with Gasteiger partial charge >= 0.3 is 18.3 Å². The molecule has 0 radical (unpaired) electrons. The second-order valence-corrected chi connectivity index (χ2v) is 11.5. The summed E-state index contributed by atoms with van der Waals surface area (Å²) in [6, 6.07) is 9.34. The van der Waals surface area contributed by atoms with Gasteiger partial charge in [0.15, 0.2) is 5.17 Å². The maximum absolute atomic E-state index is 13.7. The SMILES string of the molecule is CSC1=NC(c2cc(C(F)(F)F)cc(C(F)(F)F)c2)C(C(=O)OCCCc2ccccc2)C(COCCN2CCCCC2)=N1. The van der Waals surface area contributed by atoms with Crippen molar-refractivity contribution in [1.82, 2.24) is 4.90 Å². The molecule has 1 fully saturated rings. The highest BCUT2D eigenvalue weighted by Crippen LogP contribution is 2.41. The van der Waals surface area contributed by atoms with Gasteiger partial charge in [-0.15, -0.1) is 0 Å². The molecule has 0 N–H and O–H groups in total. The monoisotopic (exact) mass is 643 g/mol. The molecule has 44 heavy (non-hydrogen) atoms. The van der Waals surface area contributed by atoms with Gasteiger partial charge in [0, 0.05) is 6.54 Å². The Morgan fingerprint density at radius 3 is 2.23 bits per heavy atom. The summed E-state index contributed by atoms with van der Waals surface area (Å²) in [6.45, 7) is 2.71. The Balaban J connectivity index is 1.60. The van der Waals surface area contributed by atoms with Gasteiger partial charge in [-0.05, 0) is 74.4 Å². The van der Waals surface area contributed by atoms with E-state index in [2.05, 4.69) is 14.9 Å². The van der Waals surface area contributed by atoms with Crippen molar-refractivity contribution in [3.05, 3.63) is 70.8 Å². The third kappa shape index (κ3) is 9.55. The van der Waals surface area contributed by atoms with E-state index in [0.29, 0.717) is 38.1 Å². The van der Waals surface area contributed by atoms with Gasteiger partial charge in [0.05, 0.1) is 42.7 Å². The minimum Gasteiger partial charge on any atom is -0.465 e. The second-order valence-electron chi connectivity index (χ2n) is 10.7. The smallest absolute Gasteiger partial charge is 0.416 e. The lowest BCUT2D eigenvalue weighted by atomic mass is 9.87. The van der Waals surface area contributed by atoms with Gasteiger partial charge in [-0.25, -0.2) is 4.99 Å². The first-order valence-electron chi connectivity index (χ1n) is 14.4. The number of hydrogen-bond acceptors (Lipinski definition) is 7. The summed E-state index contributed by atoms with van der Waals surface area (Å²) in [4.78, 5) is 24.6. The van der Waals surface area contributed by atoms with Crippen molar-refractivity contribution >= 4 is 28.6 Å². The van der Waals surface area contributed by atoms with Crippen LogP contribution in [0.3, 0.4) is 0 Å². The average molecular weight is 644 g/mol. The van der Waals surface area contributed by atoms with Crippen molar-refractivity contribution < 1.29 is 40.6 Å². The first-order valence-corrected chi connectivity index (χ1v) is 15.7. The van der Waals surface area contributed by atoms with Crippen molar-refractivity contribution in [3.8, 4) is 0 Å². The molecule has 2 aliphatic rings. The summed E-state index contributed by atoms with van der Waals surface area (Å²) in [5.74, 6) is -2.21. The van der Waals surface area contributed by atoms with Gasteiger partial charge in [-0.3, -0.25) is 9.79 Å². The molecule has 240 valence electrons. The lowest BCUT2D eigenvalue weighted by Gasteiger charge is -2.30. The first-order chi connectivity index (χ1) is 21.0. The number of rotatable bonds is 11. The highest BCUT2D eigenvalue weighted by atomic mass is 32.2. The predicted molar refractivity (Wildman–Crippen MR) is 158 cm³/mol. The number of esters is 1. The number of piperidine rings is 1. The minimum absolute atomic E-state index is 0.00443. The summed E-state index contributed by atoms with van der Waals surface area (Å²) in [5, 5.41) is 0.115. The molecule has 2 unspecified atom stereocenters. The summed E-state index contributed by atoms with van der Waals surface area (Å²) >= 11 is 1.06. The van der Waals surface area contributed by atoms with E-state index < -0.39 is 47.0 Å². The topological polar surface area (TPSA) is 63.5 Å². The van der Waals surface area contributed by atoms with Gasteiger partial charge in [-0.2, -0.15) is 26.3 Å². The lowest BCUT2D eigenvalue weighted by Crippen LogP contribution is -2.38. The molecule has 1 saturated heterocycles. The number of carbonyl (C=O) groups is 1. The molecule has 4 rings (SSSR count). The van der Waals surface area contributed by atoms with Crippen LogP contribution < -0.4 is 0 Å². The van der Waals surface area contributed by atoms with Gasteiger partial charge < -0.3 is 14.4 Å². The molecule has 2 aromatic rings. The number of hydrogen-bond donors (Lipinski definition) is 0. The lowest BCUT2D eigenvalue weighted by molar-refractivity contribution is -0.147. The van der Waals surface area contributed by atoms with E-state index in [0.717, 1.165) is 43.3 Å². The van der Waals surface area contributed by atoms with E-state index in [9.17, 15) is 31.1 Å². The van der Waals surface area contributed by atoms with Crippen LogP contribution in [-0.4, -0.2) is 67.5 Å². The van der Waals surface area contributed by atoms with Crippen LogP contribution in [0.5, 0.6) is 0 Å². The van der Waals surface area contributed by atoms with Gasteiger partial charge in [0.25, 0.3) is 0 Å². The number of halogens is 6. The van der Waals surface area contributed by atoms with Crippen molar-refractivity contribution in [1.29, 1.82) is 0 Å². The van der Waals surface area contributed by atoms with Crippen LogP contribution in [-0.2, 0) is 33.0 Å². The number of aryl methyl sites for hydroxylation is 1. The van der Waals surface area contributed by atoms with Crippen LogP contribution in [0.1, 0.15) is 54.0 Å². The summed E-state index contributed by atoms with van der Waals surface area (Å²) in [6.07, 6.45) is -4.05. The molecule has 2 aliphatic heterocycles. The Kier molecular flexibility index (Phi) is 11.9. The highest BCUT2D eigenvalue weighted by molar-refractivity contribution is 8.13. The summed E-state index contributed by atoms with van der Waals surface area (Å²) in [7, 11) is 0.